The molecule has 5 rings (SSSR count). The molecule has 2 aliphatic heterocycles. The summed E-state index contributed by atoms with van der Waals surface area (Å²) in [6, 6.07) is 13.0. The molecule has 1 N–H and O–H groups in total. The highest BCUT2D eigenvalue weighted by Crippen LogP contribution is 2.40. The smallest absolute Gasteiger partial charge is 0.287 e. The Kier molecular flexibility index (Phi) is 6.87. The number of aromatic nitrogens is 1. The van der Waals surface area contributed by atoms with Crippen LogP contribution in [0.5, 0.6) is 17.2 Å². The predicted octanol–water partition coefficient (Wildman–Crippen LogP) is 2.67. The molecule has 184 valence electrons. The summed E-state index contributed by atoms with van der Waals surface area (Å²) in [5.74, 6) is 2.78. The van der Waals surface area contributed by atoms with Crippen LogP contribution in [0.3, 0.4) is 0 Å². The molecule has 35 heavy (non-hydrogen) atoms. The third-order valence-corrected chi connectivity index (χ3v) is 6.29. The highest BCUT2D eigenvalue weighted by Gasteiger charge is 2.26. The number of benzene rings is 1. The zero-order valence-electron chi connectivity index (χ0n) is 20.0. The van der Waals surface area contributed by atoms with Crippen LogP contribution in [0.25, 0.3) is 11.3 Å². The van der Waals surface area contributed by atoms with E-state index in [1.54, 1.807) is 19.4 Å². The van der Waals surface area contributed by atoms with Crippen molar-refractivity contribution < 1.29 is 23.4 Å². The van der Waals surface area contributed by atoms with Crippen LogP contribution >= 0.6 is 0 Å². The van der Waals surface area contributed by atoms with Crippen molar-refractivity contribution in [1.82, 2.24) is 20.1 Å². The Labute approximate surface area is 204 Å². The molecule has 1 unspecified atom stereocenters. The van der Waals surface area contributed by atoms with Crippen LogP contribution < -0.4 is 19.5 Å². The van der Waals surface area contributed by atoms with Crippen molar-refractivity contribution in [3.63, 3.8) is 0 Å². The first-order valence-corrected chi connectivity index (χ1v) is 11.8. The molecule has 0 bridgehead atoms. The number of ether oxygens (including phenoxy) is 3. The molecular weight excluding hydrogens is 448 g/mol. The maximum Gasteiger partial charge on any atom is 0.287 e. The third kappa shape index (κ3) is 5.41. The number of nitrogens with one attached hydrogen (secondary N) is 1. The van der Waals surface area contributed by atoms with Crippen LogP contribution in [-0.4, -0.2) is 80.3 Å². The molecule has 1 amide bonds. The van der Waals surface area contributed by atoms with Crippen LogP contribution in [0.2, 0.25) is 0 Å². The maximum atomic E-state index is 12.7. The van der Waals surface area contributed by atoms with Crippen LogP contribution in [0.4, 0.5) is 0 Å². The number of amides is 1. The van der Waals surface area contributed by atoms with Crippen LogP contribution in [-0.2, 0) is 6.54 Å². The molecule has 0 radical (unpaired) electrons. The van der Waals surface area contributed by atoms with E-state index in [2.05, 4.69) is 27.1 Å². The number of hydrogen-bond acceptors (Lipinski definition) is 8. The van der Waals surface area contributed by atoms with E-state index in [-0.39, 0.29) is 18.6 Å². The molecule has 0 saturated carbocycles. The molecule has 1 saturated heterocycles. The Hall–Kier alpha value is -3.56. The summed E-state index contributed by atoms with van der Waals surface area (Å²) in [4.78, 5) is 21.8. The first-order chi connectivity index (χ1) is 17.1. The third-order valence-electron chi connectivity index (χ3n) is 6.29. The Bertz CT molecular complexity index is 1150. The summed E-state index contributed by atoms with van der Waals surface area (Å²) >= 11 is 0. The largest absolute Gasteiger partial charge is 0.495 e. The highest BCUT2D eigenvalue weighted by atomic mass is 16.6. The Morgan fingerprint density at radius 1 is 1.14 bits per heavy atom. The summed E-state index contributed by atoms with van der Waals surface area (Å²) in [5.41, 5.74) is 1.57. The second-order valence-corrected chi connectivity index (χ2v) is 8.82. The fourth-order valence-corrected chi connectivity index (χ4v) is 4.20. The summed E-state index contributed by atoms with van der Waals surface area (Å²) in [6.07, 6.45) is 1.32. The number of fused-ring (bicyclic) bond motifs is 1. The highest BCUT2D eigenvalue weighted by molar-refractivity contribution is 5.91. The first kappa shape index (κ1) is 23.2. The van der Waals surface area contributed by atoms with Gasteiger partial charge in [-0.15, -0.1) is 0 Å². The van der Waals surface area contributed by atoms with E-state index in [1.165, 1.54) is 0 Å². The average Bonchev–Trinajstić information content (AvgIpc) is 3.37. The van der Waals surface area contributed by atoms with Gasteiger partial charge in [-0.3, -0.25) is 14.7 Å². The molecule has 2 aromatic heterocycles. The van der Waals surface area contributed by atoms with E-state index in [9.17, 15) is 4.79 Å². The lowest BCUT2D eigenvalue weighted by Gasteiger charge is -2.31. The molecule has 4 heterocycles. The molecule has 1 fully saturated rings. The van der Waals surface area contributed by atoms with Crippen LogP contribution in [0.1, 0.15) is 16.3 Å². The van der Waals surface area contributed by atoms with E-state index < -0.39 is 0 Å². The van der Waals surface area contributed by atoms with E-state index in [4.69, 9.17) is 18.6 Å². The number of para-hydroxylation sites is 1. The minimum Gasteiger partial charge on any atom is -0.495 e. The van der Waals surface area contributed by atoms with E-state index in [1.807, 2.05) is 36.4 Å². The molecule has 0 spiro atoms. The Morgan fingerprint density at radius 2 is 2.00 bits per heavy atom. The second-order valence-electron chi connectivity index (χ2n) is 8.82. The fourth-order valence-electron chi connectivity index (χ4n) is 4.20. The lowest BCUT2D eigenvalue weighted by Crippen LogP contribution is -2.43. The van der Waals surface area contributed by atoms with E-state index >= 15 is 0 Å². The average molecular weight is 479 g/mol. The van der Waals surface area contributed by atoms with E-state index in [0.29, 0.717) is 36.2 Å². The number of pyridine rings is 1. The predicted molar refractivity (Wildman–Crippen MR) is 130 cm³/mol. The lowest BCUT2D eigenvalue weighted by molar-refractivity contribution is 0.0773. The second kappa shape index (κ2) is 10.4. The normalized spacial score (nSPS) is 18.3. The number of nitrogens with zero attached hydrogens (tertiary/aromatic N) is 3. The SMILES string of the molecule is COc1ccc(-c2cccc3c2OC(CNC(=O)c2ccc(CN4CCN(C)CC4)o2)CO3)nc1. The number of furan rings is 1. The molecular formula is C26H30N4O5. The number of likely N-dealkylation sites (N-methyl/N-ethyl adjacent to an activating group) is 1. The zero-order chi connectivity index (χ0) is 24.2. The minimum atomic E-state index is -0.342. The van der Waals surface area contributed by atoms with Crippen molar-refractivity contribution in [2.45, 2.75) is 12.6 Å². The molecule has 1 aromatic carbocycles. The van der Waals surface area contributed by atoms with Crippen LogP contribution in [0.15, 0.2) is 53.1 Å². The van der Waals surface area contributed by atoms with Gasteiger partial charge in [-0.25, -0.2) is 0 Å². The molecule has 9 nitrogen and oxygen atoms in total. The fraction of sp³-hybridized carbons (Fsp3) is 0.385. The summed E-state index contributed by atoms with van der Waals surface area (Å²) in [5, 5.41) is 2.91. The van der Waals surface area contributed by atoms with Gasteiger partial charge in [-0.2, -0.15) is 0 Å². The number of methoxy groups -OCH3 is 1. The van der Waals surface area contributed by atoms with Gasteiger partial charge in [0.05, 0.1) is 32.1 Å². The van der Waals surface area contributed by atoms with E-state index in [0.717, 1.165) is 43.2 Å². The van der Waals surface area contributed by atoms with Crippen molar-refractivity contribution in [3.8, 4) is 28.5 Å². The van der Waals surface area contributed by atoms with Gasteiger partial charge < -0.3 is 28.8 Å². The zero-order valence-corrected chi connectivity index (χ0v) is 20.0. The van der Waals surface area contributed by atoms with Gasteiger partial charge in [-0.1, -0.05) is 6.07 Å². The quantitative estimate of drug-likeness (QED) is 0.555. The Morgan fingerprint density at radius 3 is 2.77 bits per heavy atom. The monoisotopic (exact) mass is 478 g/mol. The van der Waals surface area contributed by atoms with Gasteiger partial charge in [0.25, 0.3) is 5.91 Å². The summed E-state index contributed by atoms with van der Waals surface area (Å²) < 4.78 is 23.1. The van der Waals surface area contributed by atoms with Crippen molar-refractivity contribution in [2.24, 2.45) is 0 Å². The number of rotatable bonds is 7. The van der Waals surface area contributed by atoms with Crippen molar-refractivity contribution >= 4 is 5.91 Å². The van der Waals surface area contributed by atoms with Gasteiger partial charge in [0, 0.05) is 31.7 Å². The number of piperazine rings is 1. The molecule has 1 atom stereocenters. The lowest BCUT2D eigenvalue weighted by atomic mass is 10.1. The van der Waals surface area contributed by atoms with Crippen molar-refractivity contribution in [1.29, 1.82) is 0 Å². The van der Waals surface area contributed by atoms with Gasteiger partial charge in [-0.05, 0) is 43.4 Å². The van der Waals surface area contributed by atoms with Gasteiger partial charge in [0.1, 0.15) is 24.2 Å². The molecule has 2 aliphatic rings. The molecule has 3 aromatic rings. The van der Waals surface area contributed by atoms with Crippen molar-refractivity contribution in [3.05, 3.63) is 60.2 Å². The molecule has 0 aliphatic carbocycles. The van der Waals surface area contributed by atoms with Gasteiger partial charge in [0.2, 0.25) is 0 Å². The van der Waals surface area contributed by atoms with Gasteiger partial charge in [0.15, 0.2) is 17.3 Å². The minimum absolute atomic E-state index is 0.269. The number of hydrogen-bond donors (Lipinski definition) is 1. The maximum absolute atomic E-state index is 12.7. The van der Waals surface area contributed by atoms with Crippen molar-refractivity contribution in [2.75, 3.05) is 53.5 Å². The standard InChI is InChI=1S/C26H30N4O5/c1-29-10-12-30(13-11-29)16-19-7-9-24(34-19)26(31)28-15-20-17-33-23-5-3-4-21(25(23)35-20)22-8-6-18(32-2)14-27-22/h3-9,14,20H,10-13,15-17H2,1-2H3,(H,28,31). The molecule has 9 heteroatoms. The van der Waals surface area contributed by atoms with Gasteiger partial charge >= 0.3 is 0 Å². The summed E-state index contributed by atoms with van der Waals surface area (Å²) in [6.45, 7) is 5.39. The summed E-state index contributed by atoms with van der Waals surface area (Å²) in [7, 11) is 3.73. The van der Waals surface area contributed by atoms with Crippen LogP contribution in [0, 0.1) is 0 Å². The number of carbonyl (C=O) groups is 1. The topological polar surface area (TPSA) is 89.3 Å². The first-order valence-electron chi connectivity index (χ1n) is 11.8. The Balaban J connectivity index is 1.18. The number of carbonyl (C=O) groups excluding carboxylic acids is 1.